The highest BCUT2D eigenvalue weighted by atomic mass is 127. The molecule has 0 radical (unpaired) electrons. The second kappa shape index (κ2) is 9.05. The Balaban J connectivity index is 0.00000225. The third-order valence-corrected chi connectivity index (χ3v) is 5.48. The highest BCUT2D eigenvalue weighted by Gasteiger charge is 2.23. The lowest BCUT2D eigenvalue weighted by Crippen LogP contribution is -3.00. The van der Waals surface area contributed by atoms with E-state index in [1.54, 1.807) is 7.11 Å². The van der Waals surface area contributed by atoms with Gasteiger partial charge in [-0.05, 0) is 30.7 Å². The molecule has 2 aromatic rings. The summed E-state index contributed by atoms with van der Waals surface area (Å²) in [6.07, 6.45) is 2.30. The zero-order valence-corrected chi connectivity index (χ0v) is 18.2. The van der Waals surface area contributed by atoms with E-state index in [0.717, 1.165) is 19.7 Å². The minimum atomic E-state index is 0. The van der Waals surface area contributed by atoms with Crippen molar-refractivity contribution in [2.45, 2.75) is 32.2 Å². The van der Waals surface area contributed by atoms with Crippen LogP contribution in [0, 0.1) is 13.8 Å². The van der Waals surface area contributed by atoms with Gasteiger partial charge < -0.3 is 33.6 Å². The van der Waals surface area contributed by atoms with Gasteiger partial charge in [-0.2, -0.15) is 4.57 Å². The second-order valence-corrected chi connectivity index (χ2v) is 7.07. The number of fused-ring (bicyclic) bond motifs is 1. The van der Waals surface area contributed by atoms with E-state index in [1.165, 1.54) is 32.6 Å². The quantitative estimate of drug-likeness (QED) is 0.485. The standard InChI is InChI=1S/C20H25N2OS.HI/c1-5-21-18-8-6-7-9-19(18)24-20(21)14-17-12-15(2)22(10-11-23-4)16(3)13-17;/h6-9,12-14H,5,10-11H2,1-4H3;1H/q+1;/p-1. The Morgan fingerprint density at radius 3 is 2.48 bits per heavy atom. The predicted octanol–water partition coefficient (Wildman–Crippen LogP) is 1.17. The van der Waals surface area contributed by atoms with E-state index in [9.17, 15) is 0 Å². The molecule has 0 unspecified atom stereocenters. The fraction of sp³-hybridized carbons (Fsp3) is 0.350. The number of methoxy groups -OCH3 is 1. The Hall–Kier alpha value is -1.05. The molecule has 0 aliphatic carbocycles. The third-order valence-electron chi connectivity index (χ3n) is 4.36. The first-order valence-electron chi connectivity index (χ1n) is 8.40. The zero-order chi connectivity index (χ0) is 17.1. The van der Waals surface area contributed by atoms with Crippen LogP contribution in [0.3, 0.4) is 0 Å². The second-order valence-electron chi connectivity index (χ2n) is 6.01. The Labute approximate surface area is 172 Å². The minimum Gasteiger partial charge on any atom is -1.00 e. The molecule has 5 heteroatoms. The summed E-state index contributed by atoms with van der Waals surface area (Å²) in [5.74, 6) is 0. The van der Waals surface area contributed by atoms with Crippen molar-refractivity contribution in [1.29, 1.82) is 0 Å². The highest BCUT2D eigenvalue weighted by molar-refractivity contribution is 8.03. The summed E-state index contributed by atoms with van der Waals surface area (Å²) in [7, 11) is 1.75. The summed E-state index contributed by atoms with van der Waals surface area (Å²) in [5, 5.41) is 1.30. The molecular weight excluding hydrogens is 443 g/mol. The van der Waals surface area contributed by atoms with Crippen LogP contribution in [0.1, 0.15) is 23.9 Å². The van der Waals surface area contributed by atoms with Crippen molar-refractivity contribution in [3.63, 3.8) is 0 Å². The lowest BCUT2D eigenvalue weighted by atomic mass is 10.1. The highest BCUT2D eigenvalue weighted by Crippen LogP contribution is 2.46. The average Bonchev–Trinajstić information content (AvgIpc) is 2.91. The molecule has 1 aromatic heterocycles. The summed E-state index contributed by atoms with van der Waals surface area (Å²) >= 11 is 1.85. The molecule has 1 aliphatic rings. The maximum atomic E-state index is 5.22. The molecule has 1 aliphatic heterocycles. The molecule has 0 atom stereocenters. The van der Waals surface area contributed by atoms with Crippen molar-refractivity contribution in [3.05, 3.63) is 58.4 Å². The number of hydrogen-bond donors (Lipinski definition) is 0. The molecule has 25 heavy (non-hydrogen) atoms. The maximum Gasteiger partial charge on any atom is 0.179 e. The summed E-state index contributed by atoms with van der Waals surface area (Å²) in [6.45, 7) is 9.15. The molecule has 3 rings (SSSR count). The number of rotatable bonds is 5. The van der Waals surface area contributed by atoms with Gasteiger partial charge in [0, 0.05) is 44.5 Å². The van der Waals surface area contributed by atoms with Crippen molar-refractivity contribution in [2.75, 3.05) is 25.2 Å². The molecule has 0 saturated carbocycles. The summed E-state index contributed by atoms with van der Waals surface area (Å²) < 4.78 is 7.52. The number of benzene rings is 1. The summed E-state index contributed by atoms with van der Waals surface area (Å²) in [5.41, 5.74) is 5.10. The van der Waals surface area contributed by atoms with Crippen molar-refractivity contribution >= 4 is 23.5 Å². The Kier molecular flexibility index (Phi) is 7.34. The molecule has 0 spiro atoms. The monoisotopic (exact) mass is 468 g/mol. The fourth-order valence-corrected chi connectivity index (χ4v) is 4.39. The van der Waals surface area contributed by atoms with Gasteiger partial charge in [-0.15, -0.1) is 0 Å². The number of ether oxygens (including phenoxy) is 1. The van der Waals surface area contributed by atoms with Gasteiger partial charge in [-0.3, -0.25) is 0 Å². The van der Waals surface area contributed by atoms with Gasteiger partial charge >= 0.3 is 0 Å². The van der Waals surface area contributed by atoms with Crippen molar-refractivity contribution in [2.24, 2.45) is 0 Å². The molecule has 0 N–H and O–H groups in total. The van der Waals surface area contributed by atoms with Gasteiger partial charge in [0.15, 0.2) is 17.9 Å². The van der Waals surface area contributed by atoms with E-state index in [0.29, 0.717) is 0 Å². The zero-order valence-electron chi connectivity index (χ0n) is 15.3. The van der Waals surface area contributed by atoms with Crippen molar-refractivity contribution in [1.82, 2.24) is 0 Å². The van der Waals surface area contributed by atoms with Crippen LogP contribution >= 0.6 is 11.8 Å². The number of thioether (sulfide) groups is 1. The Morgan fingerprint density at radius 2 is 1.84 bits per heavy atom. The largest absolute Gasteiger partial charge is 1.00 e. The van der Waals surface area contributed by atoms with Crippen LogP contribution in [-0.2, 0) is 11.3 Å². The van der Waals surface area contributed by atoms with Crippen LogP contribution in [0.4, 0.5) is 5.69 Å². The number of pyridine rings is 1. The van der Waals surface area contributed by atoms with Crippen LogP contribution in [0.5, 0.6) is 0 Å². The molecule has 0 amide bonds. The van der Waals surface area contributed by atoms with Crippen LogP contribution in [0.2, 0.25) is 0 Å². The molecule has 0 saturated heterocycles. The molecule has 134 valence electrons. The fourth-order valence-electron chi connectivity index (χ4n) is 3.21. The van der Waals surface area contributed by atoms with E-state index in [2.05, 4.69) is 72.7 Å². The SMILES string of the molecule is CCN1/C(=C/c2cc(C)[n+](CCOC)c(C)c2)Sc2ccccc21.[I-]. The Morgan fingerprint density at radius 1 is 1.16 bits per heavy atom. The van der Waals surface area contributed by atoms with Crippen LogP contribution in [0.15, 0.2) is 46.3 Å². The number of aryl methyl sites for hydroxylation is 2. The lowest BCUT2D eigenvalue weighted by Gasteiger charge is -2.18. The van der Waals surface area contributed by atoms with Gasteiger partial charge in [0.25, 0.3) is 0 Å². The van der Waals surface area contributed by atoms with Crippen molar-refractivity contribution < 1.29 is 33.3 Å². The van der Waals surface area contributed by atoms with Gasteiger partial charge in [0.1, 0.15) is 6.61 Å². The number of nitrogens with zero attached hydrogens (tertiary/aromatic N) is 2. The molecule has 0 bridgehead atoms. The molecule has 2 heterocycles. The Bertz CT molecular complexity index is 753. The van der Waals surface area contributed by atoms with Gasteiger partial charge in [-0.1, -0.05) is 23.9 Å². The van der Waals surface area contributed by atoms with Crippen LogP contribution in [0.25, 0.3) is 6.08 Å². The first-order chi connectivity index (χ1) is 11.6. The van der Waals surface area contributed by atoms with E-state index in [-0.39, 0.29) is 24.0 Å². The van der Waals surface area contributed by atoms with E-state index in [1.807, 2.05) is 11.8 Å². The molecule has 3 nitrogen and oxygen atoms in total. The number of para-hydroxylation sites is 1. The van der Waals surface area contributed by atoms with E-state index < -0.39 is 0 Å². The predicted molar refractivity (Wildman–Crippen MR) is 101 cm³/mol. The summed E-state index contributed by atoms with van der Waals surface area (Å²) in [6, 6.07) is 13.1. The molecule has 1 aromatic carbocycles. The average molecular weight is 468 g/mol. The smallest absolute Gasteiger partial charge is 0.179 e. The maximum absolute atomic E-state index is 5.22. The van der Waals surface area contributed by atoms with Gasteiger partial charge in [-0.25, -0.2) is 0 Å². The van der Waals surface area contributed by atoms with Crippen molar-refractivity contribution in [3.8, 4) is 0 Å². The number of anilines is 1. The van der Waals surface area contributed by atoms with E-state index in [4.69, 9.17) is 4.74 Å². The number of halogens is 1. The first kappa shape index (κ1) is 20.3. The van der Waals surface area contributed by atoms with Crippen LogP contribution in [-0.4, -0.2) is 20.3 Å². The topological polar surface area (TPSA) is 16.4 Å². The number of aromatic nitrogens is 1. The lowest BCUT2D eigenvalue weighted by molar-refractivity contribution is -0.709. The first-order valence-corrected chi connectivity index (χ1v) is 9.22. The molecular formula is C20H25IN2OS. The van der Waals surface area contributed by atoms with Gasteiger partial charge in [0.05, 0.1) is 10.7 Å². The van der Waals surface area contributed by atoms with Crippen LogP contribution < -0.4 is 33.4 Å². The minimum absolute atomic E-state index is 0. The van der Waals surface area contributed by atoms with E-state index >= 15 is 0 Å². The molecule has 0 fully saturated rings. The number of hydrogen-bond acceptors (Lipinski definition) is 3. The van der Waals surface area contributed by atoms with Gasteiger partial charge in [0.2, 0.25) is 0 Å². The summed E-state index contributed by atoms with van der Waals surface area (Å²) in [4.78, 5) is 3.72. The normalized spacial score (nSPS) is 14.6. The third kappa shape index (κ3) is 4.38.